The van der Waals surface area contributed by atoms with E-state index < -0.39 is 44.9 Å². The Labute approximate surface area is 134 Å². The maximum atomic E-state index is 12.6. The normalized spacial score (nSPS) is 12.5. The van der Waals surface area contributed by atoms with Gasteiger partial charge >= 0.3 is 12.4 Å². The molecule has 11 heteroatoms. The molecule has 0 atom stereocenters. The van der Waals surface area contributed by atoms with Crippen molar-refractivity contribution in [1.82, 2.24) is 9.55 Å². The van der Waals surface area contributed by atoms with Crippen molar-refractivity contribution >= 4 is 23.2 Å². The second kappa shape index (κ2) is 5.72. The van der Waals surface area contributed by atoms with Crippen LogP contribution in [0.15, 0.2) is 29.3 Å². The molecule has 0 amide bonds. The minimum Gasteiger partial charge on any atom is -0.278 e. The highest BCUT2D eigenvalue weighted by Crippen LogP contribution is 2.37. The van der Waals surface area contributed by atoms with E-state index in [1.807, 2.05) is 0 Å². The number of hydrogen-bond acceptors (Lipinski definition) is 2. The molecule has 1 aromatic heterocycles. The summed E-state index contributed by atoms with van der Waals surface area (Å²) in [7, 11) is 0. The molecule has 0 saturated carbocycles. The number of halogens is 8. The second-order valence-corrected chi connectivity index (χ2v) is 5.08. The van der Waals surface area contributed by atoms with E-state index in [-0.39, 0.29) is 0 Å². The fourth-order valence-corrected chi connectivity index (χ4v) is 2.36. The molecule has 0 fully saturated rings. The van der Waals surface area contributed by atoms with Crippen LogP contribution in [0, 0.1) is 0 Å². The molecule has 3 nitrogen and oxygen atoms in total. The van der Waals surface area contributed by atoms with Crippen LogP contribution in [-0.2, 0) is 12.4 Å². The highest BCUT2D eigenvalue weighted by atomic mass is 35.5. The van der Waals surface area contributed by atoms with Crippen molar-refractivity contribution in [2.24, 2.45) is 0 Å². The van der Waals surface area contributed by atoms with Crippen LogP contribution in [0.3, 0.4) is 0 Å². The Kier molecular flexibility index (Phi) is 4.38. The van der Waals surface area contributed by atoms with Crippen LogP contribution in [0.1, 0.15) is 11.3 Å². The van der Waals surface area contributed by atoms with E-state index in [4.69, 9.17) is 23.2 Å². The lowest BCUT2D eigenvalue weighted by Gasteiger charge is -2.15. The SMILES string of the molecule is O=c1cnc(C(F)(F)F)cn1-c1c(Cl)cc(C(F)(F)F)cc1Cl. The van der Waals surface area contributed by atoms with Gasteiger partial charge in [-0.3, -0.25) is 9.36 Å². The van der Waals surface area contributed by atoms with Crippen molar-refractivity contribution in [1.29, 1.82) is 0 Å². The molecular weight excluding hydrogens is 373 g/mol. The first kappa shape index (κ1) is 17.6. The van der Waals surface area contributed by atoms with Crippen LogP contribution in [0.2, 0.25) is 10.0 Å². The third-order valence-electron chi connectivity index (χ3n) is 2.68. The number of alkyl halides is 6. The Morgan fingerprint density at radius 2 is 1.48 bits per heavy atom. The van der Waals surface area contributed by atoms with Gasteiger partial charge in [-0.15, -0.1) is 0 Å². The number of hydrogen-bond donors (Lipinski definition) is 0. The average molecular weight is 377 g/mol. The van der Waals surface area contributed by atoms with Gasteiger partial charge in [0.1, 0.15) is 0 Å². The molecular formula is C12H4Cl2F6N2O. The van der Waals surface area contributed by atoms with Gasteiger partial charge in [-0.25, -0.2) is 4.98 Å². The Morgan fingerprint density at radius 1 is 0.957 bits per heavy atom. The average Bonchev–Trinajstić information content (AvgIpc) is 2.37. The van der Waals surface area contributed by atoms with E-state index in [2.05, 4.69) is 4.98 Å². The molecule has 0 aliphatic heterocycles. The standard InChI is InChI=1S/C12H4Cl2F6N2O/c13-6-1-5(11(15,16)17)2-7(14)10(6)22-4-8(12(18,19)20)21-3-9(22)23/h1-4H. The van der Waals surface area contributed by atoms with Crippen molar-refractivity contribution in [3.8, 4) is 5.69 Å². The summed E-state index contributed by atoms with van der Waals surface area (Å²) in [5.41, 5.74) is -4.17. The third kappa shape index (κ3) is 3.61. The van der Waals surface area contributed by atoms with Crippen molar-refractivity contribution in [2.45, 2.75) is 12.4 Å². The fraction of sp³-hybridized carbons (Fsp3) is 0.167. The predicted octanol–water partition coefficient (Wildman–Crippen LogP) is 4.58. The lowest BCUT2D eigenvalue weighted by atomic mass is 10.2. The molecule has 0 N–H and O–H groups in total. The van der Waals surface area contributed by atoms with Gasteiger partial charge in [0.05, 0.1) is 27.5 Å². The van der Waals surface area contributed by atoms with Crippen LogP contribution in [0.4, 0.5) is 26.3 Å². The number of aromatic nitrogens is 2. The van der Waals surface area contributed by atoms with Crippen LogP contribution in [-0.4, -0.2) is 9.55 Å². The smallest absolute Gasteiger partial charge is 0.278 e. The lowest BCUT2D eigenvalue weighted by Crippen LogP contribution is -2.22. The van der Waals surface area contributed by atoms with Crippen molar-refractivity contribution in [3.05, 3.63) is 56.2 Å². The summed E-state index contributed by atoms with van der Waals surface area (Å²) in [6, 6.07) is 0.922. The van der Waals surface area contributed by atoms with Gasteiger partial charge in [0.15, 0.2) is 5.69 Å². The van der Waals surface area contributed by atoms with Crippen LogP contribution in [0.25, 0.3) is 5.69 Å². The zero-order valence-corrected chi connectivity index (χ0v) is 12.1. The highest BCUT2D eigenvalue weighted by molar-refractivity contribution is 6.37. The van der Waals surface area contributed by atoms with E-state index >= 15 is 0 Å². The monoisotopic (exact) mass is 376 g/mol. The first-order valence-electron chi connectivity index (χ1n) is 5.64. The number of nitrogens with zero attached hydrogens (tertiary/aromatic N) is 2. The highest BCUT2D eigenvalue weighted by Gasteiger charge is 2.34. The van der Waals surface area contributed by atoms with Crippen LogP contribution in [0.5, 0.6) is 0 Å². The molecule has 0 aliphatic rings. The molecule has 0 aliphatic carbocycles. The van der Waals surface area contributed by atoms with E-state index in [1.165, 1.54) is 0 Å². The maximum absolute atomic E-state index is 12.6. The van der Waals surface area contributed by atoms with Crippen molar-refractivity contribution in [2.75, 3.05) is 0 Å². The van der Waals surface area contributed by atoms with Gasteiger partial charge in [0, 0.05) is 6.20 Å². The van der Waals surface area contributed by atoms with E-state index in [9.17, 15) is 31.1 Å². The number of benzene rings is 1. The maximum Gasteiger partial charge on any atom is 0.434 e. The Morgan fingerprint density at radius 3 is 1.91 bits per heavy atom. The van der Waals surface area contributed by atoms with E-state index in [0.29, 0.717) is 29.1 Å². The summed E-state index contributed by atoms with van der Waals surface area (Å²) >= 11 is 11.3. The Hall–Kier alpha value is -1.74. The zero-order valence-electron chi connectivity index (χ0n) is 10.6. The van der Waals surface area contributed by atoms with Crippen LogP contribution >= 0.6 is 23.2 Å². The molecule has 0 unspecified atom stereocenters. The molecule has 2 aromatic rings. The van der Waals surface area contributed by atoms with Crippen molar-refractivity contribution < 1.29 is 26.3 Å². The summed E-state index contributed by atoms with van der Waals surface area (Å²) in [4.78, 5) is 14.6. The molecule has 0 saturated heterocycles. The Balaban J connectivity index is 2.71. The van der Waals surface area contributed by atoms with Gasteiger partial charge in [0.2, 0.25) is 0 Å². The van der Waals surface area contributed by atoms with Gasteiger partial charge in [-0.2, -0.15) is 26.3 Å². The summed E-state index contributed by atoms with van der Waals surface area (Å²) in [5, 5.41) is -1.27. The van der Waals surface area contributed by atoms with Crippen molar-refractivity contribution in [3.63, 3.8) is 0 Å². The zero-order chi connectivity index (χ0) is 17.6. The fourth-order valence-electron chi connectivity index (χ4n) is 1.69. The first-order valence-corrected chi connectivity index (χ1v) is 6.39. The van der Waals surface area contributed by atoms with Crippen LogP contribution < -0.4 is 5.56 Å². The van der Waals surface area contributed by atoms with E-state index in [0.717, 1.165) is 0 Å². The predicted molar refractivity (Wildman–Crippen MR) is 69.9 cm³/mol. The summed E-state index contributed by atoms with van der Waals surface area (Å²) < 4.78 is 76.2. The third-order valence-corrected chi connectivity index (χ3v) is 3.25. The van der Waals surface area contributed by atoms with Gasteiger partial charge < -0.3 is 0 Å². The largest absolute Gasteiger partial charge is 0.434 e. The molecule has 23 heavy (non-hydrogen) atoms. The summed E-state index contributed by atoms with van der Waals surface area (Å²) in [6.45, 7) is 0. The summed E-state index contributed by atoms with van der Waals surface area (Å²) in [6.07, 6.45) is -8.94. The van der Waals surface area contributed by atoms with Gasteiger partial charge in [0.25, 0.3) is 5.56 Å². The minimum absolute atomic E-state index is 0.308. The molecule has 2 rings (SSSR count). The molecule has 1 heterocycles. The molecule has 0 bridgehead atoms. The Bertz CT molecular complexity index is 789. The molecule has 1 aromatic carbocycles. The molecule has 0 spiro atoms. The molecule has 0 radical (unpaired) electrons. The van der Waals surface area contributed by atoms with Gasteiger partial charge in [-0.05, 0) is 12.1 Å². The minimum atomic E-state index is -4.86. The molecule has 124 valence electrons. The number of rotatable bonds is 1. The van der Waals surface area contributed by atoms with E-state index in [1.54, 1.807) is 0 Å². The summed E-state index contributed by atoms with van der Waals surface area (Å²) in [5.74, 6) is 0. The quantitative estimate of drug-likeness (QED) is 0.683. The lowest BCUT2D eigenvalue weighted by molar-refractivity contribution is -0.141. The second-order valence-electron chi connectivity index (χ2n) is 4.26. The topological polar surface area (TPSA) is 34.9 Å². The van der Waals surface area contributed by atoms with Gasteiger partial charge in [-0.1, -0.05) is 23.2 Å². The first-order chi connectivity index (χ1) is 10.4.